The molecular weight excluding hydrogens is 368 g/mol. The lowest BCUT2D eigenvalue weighted by atomic mass is 10.00. The SMILES string of the molecule is COc1ccccc1-c1ccc(C[C@H](NC(=O)Cc2ccncc2)C(=O)O)cc1. The van der Waals surface area contributed by atoms with Crippen LogP contribution in [0.2, 0.25) is 0 Å². The van der Waals surface area contributed by atoms with Crippen molar-refractivity contribution < 1.29 is 19.4 Å². The first kappa shape index (κ1) is 20.1. The number of rotatable bonds is 8. The Morgan fingerprint density at radius 2 is 1.69 bits per heavy atom. The van der Waals surface area contributed by atoms with Crippen LogP contribution in [0, 0.1) is 0 Å². The number of methoxy groups -OCH3 is 1. The standard InChI is InChI=1S/C23H22N2O4/c1-29-21-5-3-2-4-19(21)18-8-6-16(7-9-18)14-20(23(27)28)25-22(26)15-17-10-12-24-13-11-17/h2-13,20H,14-15H2,1H3,(H,25,26)(H,27,28)/t20-/m0/s1. The van der Waals surface area contributed by atoms with Crippen molar-refractivity contribution in [2.24, 2.45) is 0 Å². The van der Waals surface area contributed by atoms with Crippen molar-refractivity contribution >= 4 is 11.9 Å². The van der Waals surface area contributed by atoms with Gasteiger partial charge in [0.15, 0.2) is 0 Å². The number of carboxylic acids is 1. The van der Waals surface area contributed by atoms with Gasteiger partial charge in [-0.2, -0.15) is 0 Å². The molecule has 0 fully saturated rings. The van der Waals surface area contributed by atoms with Gasteiger partial charge in [0.05, 0.1) is 13.5 Å². The van der Waals surface area contributed by atoms with Crippen molar-refractivity contribution in [3.63, 3.8) is 0 Å². The number of pyridine rings is 1. The summed E-state index contributed by atoms with van der Waals surface area (Å²) in [5, 5.41) is 12.1. The van der Waals surface area contributed by atoms with Crippen LogP contribution in [-0.2, 0) is 22.4 Å². The molecule has 6 heteroatoms. The Hall–Kier alpha value is -3.67. The highest BCUT2D eigenvalue weighted by molar-refractivity contribution is 5.85. The van der Waals surface area contributed by atoms with Crippen molar-refractivity contribution in [3.05, 3.63) is 84.2 Å². The molecule has 0 radical (unpaired) electrons. The number of para-hydroxylation sites is 1. The Morgan fingerprint density at radius 1 is 1.00 bits per heavy atom. The molecule has 3 aromatic rings. The van der Waals surface area contributed by atoms with Crippen molar-refractivity contribution in [2.45, 2.75) is 18.9 Å². The quantitative estimate of drug-likeness (QED) is 0.617. The lowest BCUT2D eigenvalue weighted by Crippen LogP contribution is -2.43. The van der Waals surface area contributed by atoms with Crippen LogP contribution < -0.4 is 10.1 Å². The van der Waals surface area contributed by atoms with E-state index in [0.717, 1.165) is 28.0 Å². The number of carboxylic acid groups (broad SMARTS) is 1. The molecule has 0 saturated carbocycles. The minimum absolute atomic E-state index is 0.110. The summed E-state index contributed by atoms with van der Waals surface area (Å²) in [6.07, 6.45) is 3.50. The predicted octanol–water partition coefficient (Wildman–Crippen LogP) is 3.11. The number of aromatic nitrogens is 1. The number of carbonyl (C=O) groups is 2. The normalized spacial score (nSPS) is 11.5. The first-order valence-corrected chi connectivity index (χ1v) is 9.20. The second kappa shape index (κ2) is 9.50. The molecule has 0 aliphatic carbocycles. The smallest absolute Gasteiger partial charge is 0.326 e. The van der Waals surface area contributed by atoms with Crippen LogP contribution in [0.5, 0.6) is 5.75 Å². The molecule has 2 N–H and O–H groups in total. The third-order valence-electron chi connectivity index (χ3n) is 4.56. The van der Waals surface area contributed by atoms with Crippen LogP contribution in [0.15, 0.2) is 73.1 Å². The maximum Gasteiger partial charge on any atom is 0.326 e. The Labute approximate surface area is 169 Å². The highest BCUT2D eigenvalue weighted by atomic mass is 16.5. The Bertz CT molecular complexity index is 972. The van der Waals surface area contributed by atoms with Gasteiger partial charge in [-0.3, -0.25) is 9.78 Å². The fraction of sp³-hybridized carbons (Fsp3) is 0.174. The van der Waals surface area contributed by atoms with Gasteiger partial charge in [-0.15, -0.1) is 0 Å². The fourth-order valence-corrected chi connectivity index (χ4v) is 3.07. The molecule has 6 nitrogen and oxygen atoms in total. The van der Waals surface area contributed by atoms with Gasteiger partial charge in [0.25, 0.3) is 0 Å². The number of nitrogens with one attached hydrogen (secondary N) is 1. The first-order valence-electron chi connectivity index (χ1n) is 9.20. The summed E-state index contributed by atoms with van der Waals surface area (Å²) in [4.78, 5) is 27.7. The van der Waals surface area contributed by atoms with E-state index >= 15 is 0 Å². The molecule has 3 rings (SSSR count). The van der Waals surface area contributed by atoms with E-state index in [1.807, 2.05) is 48.5 Å². The van der Waals surface area contributed by atoms with Gasteiger partial charge >= 0.3 is 5.97 Å². The molecule has 148 valence electrons. The van der Waals surface area contributed by atoms with E-state index in [1.54, 1.807) is 31.6 Å². The van der Waals surface area contributed by atoms with Gasteiger partial charge < -0.3 is 15.2 Å². The minimum atomic E-state index is -1.07. The number of aliphatic carboxylic acids is 1. The van der Waals surface area contributed by atoms with Crippen LogP contribution in [0.4, 0.5) is 0 Å². The second-order valence-electron chi connectivity index (χ2n) is 6.59. The number of amides is 1. The second-order valence-corrected chi connectivity index (χ2v) is 6.59. The molecule has 1 heterocycles. The highest BCUT2D eigenvalue weighted by Gasteiger charge is 2.20. The van der Waals surface area contributed by atoms with E-state index in [1.165, 1.54) is 0 Å². The molecular formula is C23H22N2O4. The van der Waals surface area contributed by atoms with E-state index in [9.17, 15) is 14.7 Å². The number of benzene rings is 2. The van der Waals surface area contributed by atoms with Gasteiger partial charge in [0.2, 0.25) is 5.91 Å². The van der Waals surface area contributed by atoms with Crippen LogP contribution in [0.3, 0.4) is 0 Å². The van der Waals surface area contributed by atoms with Crippen LogP contribution in [-0.4, -0.2) is 35.1 Å². The predicted molar refractivity (Wildman–Crippen MR) is 110 cm³/mol. The van der Waals surface area contributed by atoms with Gasteiger partial charge in [-0.1, -0.05) is 42.5 Å². The summed E-state index contributed by atoms with van der Waals surface area (Å²) < 4.78 is 5.39. The molecule has 0 saturated heterocycles. The Balaban J connectivity index is 1.67. The maximum atomic E-state index is 12.2. The topological polar surface area (TPSA) is 88.5 Å². The zero-order valence-electron chi connectivity index (χ0n) is 16.0. The molecule has 2 aromatic carbocycles. The number of hydrogen-bond donors (Lipinski definition) is 2. The summed E-state index contributed by atoms with van der Waals surface area (Å²) in [5.74, 6) is -0.636. The van der Waals surface area contributed by atoms with Gasteiger partial charge in [-0.25, -0.2) is 4.79 Å². The van der Waals surface area contributed by atoms with Gasteiger partial charge in [0, 0.05) is 24.4 Å². The molecule has 1 atom stereocenters. The van der Waals surface area contributed by atoms with E-state index < -0.39 is 12.0 Å². The number of nitrogens with zero attached hydrogens (tertiary/aromatic N) is 1. The minimum Gasteiger partial charge on any atom is -0.496 e. The average Bonchev–Trinajstić information content (AvgIpc) is 2.74. The molecule has 29 heavy (non-hydrogen) atoms. The molecule has 0 aliphatic rings. The van der Waals surface area contributed by atoms with Crippen molar-refractivity contribution in [2.75, 3.05) is 7.11 Å². The first-order chi connectivity index (χ1) is 14.1. The molecule has 0 unspecified atom stereocenters. The lowest BCUT2D eigenvalue weighted by molar-refractivity contribution is -0.141. The third kappa shape index (κ3) is 5.42. The fourth-order valence-electron chi connectivity index (χ4n) is 3.07. The average molecular weight is 390 g/mol. The van der Waals surface area contributed by atoms with Crippen LogP contribution in [0.25, 0.3) is 11.1 Å². The van der Waals surface area contributed by atoms with E-state index in [4.69, 9.17) is 4.74 Å². The molecule has 0 spiro atoms. The molecule has 1 amide bonds. The largest absolute Gasteiger partial charge is 0.496 e. The van der Waals surface area contributed by atoms with Crippen molar-refractivity contribution in [3.8, 4) is 16.9 Å². The third-order valence-corrected chi connectivity index (χ3v) is 4.56. The Kier molecular flexibility index (Phi) is 6.58. The zero-order chi connectivity index (χ0) is 20.6. The monoisotopic (exact) mass is 390 g/mol. The highest BCUT2D eigenvalue weighted by Crippen LogP contribution is 2.29. The van der Waals surface area contributed by atoms with Crippen molar-refractivity contribution in [1.29, 1.82) is 0 Å². The van der Waals surface area contributed by atoms with Gasteiger partial charge in [0.1, 0.15) is 11.8 Å². The number of ether oxygens (including phenoxy) is 1. The van der Waals surface area contributed by atoms with Crippen LogP contribution >= 0.6 is 0 Å². The number of carbonyl (C=O) groups excluding carboxylic acids is 1. The zero-order valence-corrected chi connectivity index (χ0v) is 16.0. The Morgan fingerprint density at radius 3 is 2.34 bits per heavy atom. The summed E-state index contributed by atoms with van der Waals surface area (Å²) in [6.45, 7) is 0. The molecule has 1 aromatic heterocycles. The van der Waals surface area contributed by atoms with E-state index in [2.05, 4.69) is 10.3 Å². The van der Waals surface area contributed by atoms with E-state index in [0.29, 0.717) is 0 Å². The van der Waals surface area contributed by atoms with Crippen LogP contribution in [0.1, 0.15) is 11.1 Å². The van der Waals surface area contributed by atoms with E-state index in [-0.39, 0.29) is 18.7 Å². The summed E-state index contributed by atoms with van der Waals surface area (Å²) in [6, 6.07) is 17.7. The summed E-state index contributed by atoms with van der Waals surface area (Å²) >= 11 is 0. The summed E-state index contributed by atoms with van der Waals surface area (Å²) in [5.41, 5.74) is 3.53. The van der Waals surface area contributed by atoms with Gasteiger partial charge in [-0.05, 0) is 34.9 Å². The maximum absolute atomic E-state index is 12.2. The molecule has 0 aliphatic heterocycles. The number of hydrogen-bond acceptors (Lipinski definition) is 4. The summed E-state index contributed by atoms with van der Waals surface area (Å²) in [7, 11) is 1.62. The van der Waals surface area contributed by atoms with Crippen molar-refractivity contribution in [1.82, 2.24) is 10.3 Å². The lowest BCUT2D eigenvalue weighted by Gasteiger charge is -2.15. The molecule has 0 bridgehead atoms.